The van der Waals surface area contributed by atoms with Crippen LogP contribution in [-0.2, 0) is 24.3 Å². The smallest absolute Gasteiger partial charge is 0.291 e. The Morgan fingerprint density at radius 2 is 2.02 bits per heavy atom. The van der Waals surface area contributed by atoms with E-state index in [-0.39, 0.29) is 40.2 Å². The first kappa shape index (κ1) is 26.1. The number of pyridine rings is 1. The van der Waals surface area contributed by atoms with Gasteiger partial charge >= 0.3 is 0 Å². The van der Waals surface area contributed by atoms with Gasteiger partial charge in [0.25, 0.3) is 12.3 Å². The van der Waals surface area contributed by atoms with E-state index in [0.717, 1.165) is 12.8 Å². The summed E-state index contributed by atoms with van der Waals surface area (Å²) in [6.45, 7) is 5.36. The normalized spacial score (nSPS) is 23.4. The molecular formula is C24H27F2N7O5S2. The Morgan fingerprint density at radius 1 is 1.25 bits per heavy atom. The summed E-state index contributed by atoms with van der Waals surface area (Å²) in [4.78, 5) is 21.3. The van der Waals surface area contributed by atoms with Crippen LogP contribution in [-0.4, -0.2) is 96.4 Å². The van der Waals surface area contributed by atoms with Gasteiger partial charge in [-0.15, -0.1) is 10.2 Å². The van der Waals surface area contributed by atoms with Crippen molar-refractivity contribution in [2.75, 3.05) is 50.9 Å². The monoisotopic (exact) mass is 595 g/mol. The minimum atomic E-state index is -3.94. The third kappa shape index (κ3) is 4.45. The summed E-state index contributed by atoms with van der Waals surface area (Å²) >= 11 is 0.698. The van der Waals surface area contributed by atoms with Crippen LogP contribution in [0.25, 0.3) is 16.3 Å². The number of hydrogen-bond acceptors (Lipinski definition) is 10. The van der Waals surface area contributed by atoms with Crippen LogP contribution < -0.4 is 9.62 Å². The number of carbonyl (C=O) groups is 1. The largest absolute Gasteiger partial charge is 0.380 e. The number of amides is 1. The van der Waals surface area contributed by atoms with Gasteiger partial charge in [0.15, 0.2) is 21.9 Å². The SMILES string of the molecule is CC1(NS(=O)(=O)c2cc(N3CCOC(C(=O)N4CC5(COC5)C4)C3)c3cnc(-c4nnc(C(F)F)s4)n3c2)CC1. The molecule has 1 unspecified atom stereocenters. The number of morpholine rings is 1. The predicted molar refractivity (Wildman–Crippen MR) is 139 cm³/mol. The van der Waals surface area contributed by atoms with Gasteiger partial charge in [-0.25, -0.2) is 26.9 Å². The molecular weight excluding hydrogens is 568 g/mol. The standard InChI is InChI=1S/C24H27F2N7O5S2/c1-23(2-3-23)30-40(35,36)14-6-15(16-7-27-19(33(16)8-14)21-29-28-20(39-21)18(25)26)31-4-5-38-17(9-31)22(34)32-10-24(11-32)12-37-13-24/h6-8,17-18,30H,2-5,9-13H2,1H3. The highest BCUT2D eigenvalue weighted by Crippen LogP contribution is 2.39. The molecule has 3 aliphatic heterocycles. The Balaban J connectivity index is 1.25. The summed E-state index contributed by atoms with van der Waals surface area (Å²) in [5, 5.41) is 7.12. The van der Waals surface area contributed by atoms with Gasteiger partial charge in [0.05, 0.1) is 49.2 Å². The minimum absolute atomic E-state index is 0.00925. The number of fused-ring (bicyclic) bond motifs is 1. The molecule has 12 nitrogen and oxygen atoms in total. The second kappa shape index (κ2) is 9.11. The molecule has 6 heterocycles. The van der Waals surface area contributed by atoms with Crippen molar-refractivity contribution in [2.45, 2.75) is 42.7 Å². The molecule has 3 aromatic heterocycles. The van der Waals surface area contributed by atoms with Crippen LogP contribution in [0, 0.1) is 5.41 Å². The second-order valence-corrected chi connectivity index (χ2v) is 14.0. The summed E-state index contributed by atoms with van der Waals surface area (Å²) in [5.41, 5.74) is 0.651. The van der Waals surface area contributed by atoms with Crippen molar-refractivity contribution in [3.8, 4) is 10.8 Å². The predicted octanol–water partition coefficient (Wildman–Crippen LogP) is 1.69. The first-order valence-electron chi connectivity index (χ1n) is 13.0. The quantitative estimate of drug-likeness (QED) is 0.434. The van der Waals surface area contributed by atoms with Gasteiger partial charge in [-0.1, -0.05) is 11.3 Å². The topological polar surface area (TPSA) is 131 Å². The van der Waals surface area contributed by atoms with E-state index in [2.05, 4.69) is 19.9 Å². The zero-order chi connectivity index (χ0) is 27.9. The third-order valence-electron chi connectivity index (χ3n) is 7.97. The Kier molecular flexibility index (Phi) is 5.95. The molecule has 1 atom stereocenters. The summed E-state index contributed by atoms with van der Waals surface area (Å²) in [6.07, 6.45) is 0.930. The lowest BCUT2D eigenvalue weighted by Crippen LogP contribution is -2.69. The van der Waals surface area contributed by atoms with E-state index in [0.29, 0.717) is 55.4 Å². The molecule has 3 aromatic rings. The molecule has 1 N–H and O–H groups in total. The molecule has 1 saturated carbocycles. The number of likely N-dealkylation sites (tertiary alicyclic amines) is 1. The van der Waals surface area contributed by atoms with E-state index in [1.807, 2.05) is 11.8 Å². The molecule has 0 aromatic carbocycles. The Hall–Kier alpha value is -2.79. The van der Waals surface area contributed by atoms with Gasteiger partial charge < -0.3 is 19.3 Å². The fourth-order valence-electron chi connectivity index (χ4n) is 5.41. The number of halogens is 2. The van der Waals surface area contributed by atoms with E-state index in [4.69, 9.17) is 9.47 Å². The molecule has 4 fully saturated rings. The van der Waals surface area contributed by atoms with Crippen LogP contribution in [0.5, 0.6) is 0 Å². The number of nitrogens with one attached hydrogen (secondary N) is 1. The molecule has 214 valence electrons. The maximum atomic E-state index is 13.4. The van der Waals surface area contributed by atoms with Gasteiger partial charge in [-0.05, 0) is 25.8 Å². The van der Waals surface area contributed by atoms with Crippen molar-refractivity contribution in [3.05, 3.63) is 23.5 Å². The van der Waals surface area contributed by atoms with E-state index in [1.165, 1.54) is 10.6 Å². The molecule has 0 radical (unpaired) electrons. The number of imidazole rings is 1. The number of hydrogen-bond donors (Lipinski definition) is 1. The zero-order valence-electron chi connectivity index (χ0n) is 21.5. The van der Waals surface area contributed by atoms with Crippen LogP contribution in [0.15, 0.2) is 23.4 Å². The molecule has 16 heteroatoms. The highest BCUT2D eigenvalue weighted by Gasteiger charge is 2.52. The number of alkyl halides is 2. The van der Waals surface area contributed by atoms with Gasteiger partial charge in [-0.2, -0.15) is 0 Å². The number of ether oxygens (including phenoxy) is 2. The van der Waals surface area contributed by atoms with Crippen molar-refractivity contribution >= 4 is 38.5 Å². The molecule has 7 rings (SSSR count). The molecule has 1 aliphatic carbocycles. The summed E-state index contributed by atoms with van der Waals surface area (Å²) in [6, 6.07) is 1.57. The minimum Gasteiger partial charge on any atom is -0.380 e. The van der Waals surface area contributed by atoms with Crippen LogP contribution in [0.2, 0.25) is 0 Å². The van der Waals surface area contributed by atoms with Crippen molar-refractivity contribution in [1.82, 2.24) is 29.2 Å². The molecule has 4 aliphatic rings. The Labute approximate surface area is 232 Å². The summed E-state index contributed by atoms with van der Waals surface area (Å²) in [5.74, 6) is 0.0951. The van der Waals surface area contributed by atoms with E-state index in [1.54, 1.807) is 17.2 Å². The lowest BCUT2D eigenvalue weighted by atomic mass is 9.78. The average molecular weight is 596 g/mol. The highest BCUT2D eigenvalue weighted by molar-refractivity contribution is 7.89. The number of rotatable bonds is 7. The third-order valence-corrected chi connectivity index (χ3v) is 10.5. The van der Waals surface area contributed by atoms with Crippen LogP contribution in [0.1, 0.15) is 31.2 Å². The van der Waals surface area contributed by atoms with Gasteiger partial charge in [-0.3, -0.25) is 9.20 Å². The van der Waals surface area contributed by atoms with Crippen LogP contribution in [0.3, 0.4) is 0 Å². The molecule has 40 heavy (non-hydrogen) atoms. The van der Waals surface area contributed by atoms with E-state index >= 15 is 0 Å². The number of nitrogens with zero attached hydrogens (tertiary/aromatic N) is 6. The molecule has 1 amide bonds. The summed E-state index contributed by atoms with van der Waals surface area (Å²) < 4.78 is 68.8. The van der Waals surface area contributed by atoms with Gasteiger partial charge in [0.2, 0.25) is 10.0 Å². The molecule has 3 saturated heterocycles. The lowest BCUT2D eigenvalue weighted by molar-refractivity contribution is -0.201. The maximum Gasteiger partial charge on any atom is 0.291 e. The van der Waals surface area contributed by atoms with Crippen molar-refractivity contribution in [2.24, 2.45) is 5.41 Å². The number of aromatic nitrogens is 4. The van der Waals surface area contributed by atoms with E-state index in [9.17, 15) is 22.0 Å². The Bertz CT molecular complexity index is 1590. The molecule has 1 spiro atoms. The first-order chi connectivity index (χ1) is 19.0. The fourth-order valence-corrected chi connectivity index (χ4v) is 7.59. The number of anilines is 1. The maximum absolute atomic E-state index is 13.4. The number of sulfonamides is 1. The average Bonchev–Trinajstić information content (AvgIpc) is 3.25. The number of carbonyl (C=O) groups excluding carboxylic acids is 1. The zero-order valence-corrected chi connectivity index (χ0v) is 23.2. The summed E-state index contributed by atoms with van der Waals surface area (Å²) in [7, 11) is -3.94. The molecule has 0 bridgehead atoms. The van der Waals surface area contributed by atoms with Crippen LogP contribution >= 0.6 is 11.3 Å². The second-order valence-electron chi connectivity index (χ2n) is 11.3. The lowest BCUT2D eigenvalue weighted by Gasteiger charge is -2.55. The van der Waals surface area contributed by atoms with Crippen molar-refractivity contribution in [3.63, 3.8) is 0 Å². The van der Waals surface area contributed by atoms with Gasteiger partial charge in [0, 0.05) is 31.4 Å². The first-order valence-corrected chi connectivity index (χ1v) is 15.2. The van der Waals surface area contributed by atoms with Crippen molar-refractivity contribution in [1.29, 1.82) is 0 Å². The highest BCUT2D eigenvalue weighted by atomic mass is 32.2. The van der Waals surface area contributed by atoms with Gasteiger partial charge in [0.1, 0.15) is 4.90 Å². The fraction of sp³-hybridized carbons (Fsp3) is 0.583. The van der Waals surface area contributed by atoms with Crippen molar-refractivity contribution < 1.29 is 31.5 Å². The van der Waals surface area contributed by atoms with Crippen LogP contribution in [0.4, 0.5) is 14.5 Å². The van der Waals surface area contributed by atoms with E-state index < -0.39 is 33.1 Å². The Morgan fingerprint density at radius 3 is 2.67 bits per heavy atom.